The molecule has 0 amide bonds. The maximum absolute atomic E-state index is 6.01. The highest BCUT2D eigenvalue weighted by Gasteiger charge is 2.18. The summed E-state index contributed by atoms with van der Waals surface area (Å²) in [5.74, 6) is 1.59. The molecule has 1 unspecified atom stereocenters. The fraction of sp³-hybridized carbons (Fsp3) is 0.571. The molecule has 1 aliphatic rings. The summed E-state index contributed by atoms with van der Waals surface area (Å²) in [4.78, 5) is 0. The Morgan fingerprint density at radius 2 is 2.28 bits per heavy atom. The summed E-state index contributed by atoms with van der Waals surface area (Å²) in [6, 6.07) is 5.70. The summed E-state index contributed by atoms with van der Waals surface area (Å²) in [7, 11) is 1.65. The number of rotatable bonds is 4. The Kier molecular flexibility index (Phi) is 4.44. The van der Waals surface area contributed by atoms with Crippen LogP contribution in [0.2, 0.25) is 0 Å². The first kappa shape index (κ1) is 13.2. The molecule has 0 spiro atoms. The molecule has 2 atom stereocenters. The topological polar surface area (TPSA) is 53.7 Å². The molecule has 0 aromatic heterocycles. The van der Waals surface area contributed by atoms with E-state index in [2.05, 4.69) is 0 Å². The Balaban J connectivity index is 2.17. The molecule has 2 N–H and O–H groups in total. The van der Waals surface area contributed by atoms with Gasteiger partial charge in [-0.2, -0.15) is 0 Å². The Hall–Kier alpha value is -1.26. The van der Waals surface area contributed by atoms with Crippen LogP contribution in [0.1, 0.15) is 31.4 Å². The summed E-state index contributed by atoms with van der Waals surface area (Å²) < 4.78 is 16.7. The van der Waals surface area contributed by atoms with Crippen molar-refractivity contribution in [3.63, 3.8) is 0 Å². The minimum Gasteiger partial charge on any atom is -0.497 e. The Morgan fingerprint density at radius 3 is 2.89 bits per heavy atom. The molecule has 0 aliphatic carbocycles. The van der Waals surface area contributed by atoms with E-state index in [0.29, 0.717) is 6.61 Å². The molecule has 0 saturated carbocycles. The predicted octanol–water partition coefficient (Wildman–Crippen LogP) is 2.27. The number of nitrogens with two attached hydrogens (primary N) is 1. The van der Waals surface area contributed by atoms with E-state index in [-0.39, 0.29) is 12.1 Å². The predicted molar refractivity (Wildman–Crippen MR) is 70.1 cm³/mol. The number of hydrogen-bond acceptors (Lipinski definition) is 4. The first-order chi connectivity index (χ1) is 8.70. The molecule has 4 nitrogen and oxygen atoms in total. The molecule has 100 valence electrons. The third kappa shape index (κ3) is 3.15. The maximum Gasteiger partial charge on any atom is 0.128 e. The van der Waals surface area contributed by atoms with Crippen molar-refractivity contribution in [3.8, 4) is 11.5 Å². The van der Waals surface area contributed by atoms with Crippen molar-refractivity contribution in [3.05, 3.63) is 23.8 Å². The molecule has 1 aromatic carbocycles. The lowest BCUT2D eigenvalue weighted by molar-refractivity contribution is 0.00686. The smallest absolute Gasteiger partial charge is 0.128 e. The lowest BCUT2D eigenvalue weighted by atomic mass is 10.1. The van der Waals surface area contributed by atoms with Crippen molar-refractivity contribution in [2.24, 2.45) is 5.73 Å². The van der Waals surface area contributed by atoms with Gasteiger partial charge in [-0.1, -0.05) is 6.07 Å². The second kappa shape index (κ2) is 6.07. The highest BCUT2D eigenvalue weighted by molar-refractivity contribution is 5.42. The Labute approximate surface area is 108 Å². The maximum atomic E-state index is 6.01. The molecule has 18 heavy (non-hydrogen) atoms. The third-order valence-electron chi connectivity index (χ3n) is 3.12. The van der Waals surface area contributed by atoms with Crippen LogP contribution in [0.15, 0.2) is 18.2 Å². The monoisotopic (exact) mass is 251 g/mol. The zero-order valence-electron chi connectivity index (χ0n) is 11.0. The molecule has 1 aliphatic heterocycles. The average Bonchev–Trinajstić information content (AvgIpc) is 2.39. The fourth-order valence-electron chi connectivity index (χ4n) is 2.10. The molecule has 0 radical (unpaired) electrons. The van der Waals surface area contributed by atoms with Crippen molar-refractivity contribution in [1.82, 2.24) is 0 Å². The molecule has 1 fully saturated rings. The van der Waals surface area contributed by atoms with Crippen LogP contribution in [0.25, 0.3) is 0 Å². The van der Waals surface area contributed by atoms with Crippen LogP contribution >= 0.6 is 0 Å². The lowest BCUT2D eigenvalue weighted by Crippen LogP contribution is -2.28. The van der Waals surface area contributed by atoms with E-state index >= 15 is 0 Å². The number of benzene rings is 1. The number of hydrogen-bond donors (Lipinski definition) is 1. The van der Waals surface area contributed by atoms with E-state index in [0.717, 1.165) is 36.5 Å². The van der Waals surface area contributed by atoms with Crippen molar-refractivity contribution in [2.75, 3.05) is 20.3 Å². The minimum absolute atomic E-state index is 0.0598. The van der Waals surface area contributed by atoms with Crippen molar-refractivity contribution >= 4 is 0 Å². The van der Waals surface area contributed by atoms with E-state index in [1.165, 1.54) is 0 Å². The van der Waals surface area contributed by atoms with Crippen molar-refractivity contribution in [1.29, 1.82) is 0 Å². The zero-order chi connectivity index (χ0) is 13.0. The van der Waals surface area contributed by atoms with Crippen molar-refractivity contribution in [2.45, 2.75) is 31.9 Å². The van der Waals surface area contributed by atoms with E-state index in [1.54, 1.807) is 7.11 Å². The summed E-state index contributed by atoms with van der Waals surface area (Å²) in [5, 5.41) is 0. The van der Waals surface area contributed by atoms with Gasteiger partial charge in [0, 0.05) is 24.3 Å². The van der Waals surface area contributed by atoms with Crippen LogP contribution in [0.5, 0.6) is 11.5 Å². The SMILES string of the molecule is COc1ccc([C@H](C)N)c(OC2CCCOC2)c1. The lowest BCUT2D eigenvalue weighted by Gasteiger charge is -2.25. The molecule has 2 rings (SSSR count). The van der Waals surface area contributed by atoms with Crippen LogP contribution < -0.4 is 15.2 Å². The van der Waals surface area contributed by atoms with Gasteiger partial charge >= 0.3 is 0 Å². The van der Waals surface area contributed by atoms with Crippen LogP contribution in [0.4, 0.5) is 0 Å². The standard InChI is InChI=1S/C14H21NO3/c1-10(15)13-6-5-11(16-2)8-14(13)18-12-4-3-7-17-9-12/h5-6,8,10,12H,3-4,7,9,15H2,1-2H3/t10-,12?/m0/s1. The van der Waals surface area contributed by atoms with Gasteiger partial charge in [0.25, 0.3) is 0 Å². The summed E-state index contributed by atoms with van der Waals surface area (Å²) in [6.45, 7) is 3.43. The molecule has 1 aromatic rings. The summed E-state index contributed by atoms with van der Waals surface area (Å²) in [5.41, 5.74) is 6.96. The first-order valence-corrected chi connectivity index (χ1v) is 6.38. The van der Waals surface area contributed by atoms with E-state index < -0.39 is 0 Å². The number of ether oxygens (including phenoxy) is 3. The fourth-order valence-corrected chi connectivity index (χ4v) is 2.10. The summed E-state index contributed by atoms with van der Waals surface area (Å²) >= 11 is 0. The van der Waals surface area contributed by atoms with E-state index in [1.807, 2.05) is 25.1 Å². The van der Waals surface area contributed by atoms with Crippen LogP contribution in [0.3, 0.4) is 0 Å². The van der Waals surface area contributed by atoms with Crippen LogP contribution in [-0.2, 0) is 4.74 Å². The summed E-state index contributed by atoms with van der Waals surface area (Å²) in [6.07, 6.45) is 2.18. The highest BCUT2D eigenvalue weighted by Crippen LogP contribution is 2.30. The molecule has 1 saturated heterocycles. The largest absolute Gasteiger partial charge is 0.497 e. The quantitative estimate of drug-likeness (QED) is 0.892. The number of methoxy groups -OCH3 is 1. The first-order valence-electron chi connectivity index (χ1n) is 6.38. The Bertz CT molecular complexity index is 387. The van der Waals surface area contributed by atoms with Gasteiger partial charge in [0.1, 0.15) is 17.6 Å². The zero-order valence-corrected chi connectivity index (χ0v) is 11.0. The van der Waals surface area contributed by atoms with Crippen LogP contribution in [-0.4, -0.2) is 26.4 Å². The van der Waals surface area contributed by atoms with Gasteiger partial charge in [-0.05, 0) is 25.8 Å². The van der Waals surface area contributed by atoms with Crippen LogP contribution in [0, 0.1) is 0 Å². The second-order valence-corrected chi connectivity index (χ2v) is 4.65. The van der Waals surface area contributed by atoms with Gasteiger partial charge in [0.15, 0.2) is 0 Å². The minimum atomic E-state index is -0.0598. The second-order valence-electron chi connectivity index (χ2n) is 4.65. The third-order valence-corrected chi connectivity index (χ3v) is 3.12. The molecular formula is C14H21NO3. The highest BCUT2D eigenvalue weighted by atomic mass is 16.5. The Morgan fingerprint density at radius 1 is 1.44 bits per heavy atom. The van der Waals surface area contributed by atoms with Gasteiger partial charge in [-0.15, -0.1) is 0 Å². The van der Waals surface area contributed by atoms with Gasteiger partial charge < -0.3 is 19.9 Å². The molecule has 0 bridgehead atoms. The van der Waals surface area contributed by atoms with Gasteiger partial charge in [-0.3, -0.25) is 0 Å². The van der Waals surface area contributed by atoms with Gasteiger partial charge in [0.2, 0.25) is 0 Å². The molecular weight excluding hydrogens is 230 g/mol. The normalized spacial score (nSPS) is 21.4. The van der Waals surface area contributed by atoms with Gasteiger partial charge in [0.05, 0.1) is 13.7 Å². The van der Waals surface area contributed by atoms with Crippen molar-refractivity contribution < 1.29 is 14.2 Å². The van der Waals surface area contributed by atoms with E-state index in [9.17, 15) is 0 Å². The average molecular weight is 251 g/mol. The van der Waals surface area contributed by atoms with Gasteiger partial charge in [-0.25, -0.2) is 0 Å². The molecule has 4 heteroatoms. The molecule has 1 heterocycles. The van der Waals surface area contributed by atoms with E-state index in [4.69, 9.17) is 19.9 Å².